The monoisotopic (exact) mass is 300 g/mol. The van der Waals surface area contributed by atoms with Crippen molar-refractivity contribution in [3.63, 3.8) is 0 Å². The lowest BCUT2D eigenvalue weighted by molar-refractivity contribution is 0.104. The summed E-state index contributed by atoms with van der Waals surface area (Å²) in [5.41, 5.74) is 9.49. The molecule has 2 atom stereocenters. The van der Waals surface area contributed by atoms with E-state index in [1.807, 2.05) is 6.07 Å². The van der Waals surface area contributed by atoms with Gasteiger partial charge in [-0.15, -0.1) is 0 Å². The van der Waals surface area contributed by atoms with Gasteiger partial charge in [-0.2, -0.15) is 0 Å². The summed E-state index contributed by atoms with van der Waals surface area (Å²) >= 11 is 0. The quantitative estimate of drug-likeness (QED) is 0.847. The average Bonchev–Trinajstić information content (AvgIpc) is 3.08. The van der Waals surface area contributed by atoms with E-state index in [0.717, 1.165) is 17.8 Å². The predicted octanol–water partition coefficient (Wildman–Crippen LogP) is 1.93. The van der Waals surface area contributed by atoms with E-state index >= 15 is 0 Å². The molecule has 3 aliphatic heterocycles. The number of piperazine rings is 1. The van der Waals surface area contributed by atoms with Crippen LogP contribution in [0.2, 0.25) is 0 Å². The molecular weight excluding hydrogens is 272 g/mol. The molecule has 2 unspecified atom stereocenters. The minimum atomic E-state index is 0.701. The first-order chi connectivity index (χ1) is 10.6. The summed E-state index contributed by atoms with van der Waals surface area (Å²) in [4.78, 5) is 7.92. The first-order valence-corrected chi connectivity index (χ1v) is 8.69. The van der Waals surface area contributed by atoms with Crippen molar-refractivity contribution in [3.8, 4) is 0 Å². The Labute approximate surface area is 133 Å². The lowest BCUT2D eigenvalue weighted by atomic mass is 10.0. The molecule has 0 radical (unpaired) electrons. The molecule has 4 rings (SSSR count). The second-order valence-electron chi connectivity index (χ2n) is 7.47. The minimum absolute atomic E-state index is 0.701. The van der Waals surface area contributed by atoms with Crippen molar-refractivity contribution in [2.24, 2.45) is 0 Å². The fourth-order valence-electron chi connectivity index (χ4n) is 4.77. The Morgan fingerprint density at radius 2 is 1.82 bits per heavy atom. The van der Waals surface area contributed by atoms with Crippen LogP contribution in [0, 0.1) is 6.92 Å². The number of anilines is 2. The second-order valence-corrected chi connectivity index (χ2v) is 7.47. The van der Waals surface area contributed by atoms with Crippen molar-refractivity contribution >= 4 is 11.4 Å². The van der Waals surface area contributed by atoms with Gasteiger partial charge in [0.05, 0.1) is 0 Å². The Bertz CT molecular complexity index is 550. The fraction of sp³-hybridized carbons (Fsp3) is 0.667. The number of benzene rings is 1. The molecule has 1 aromatic carbocycles. The van der Waals surface area contributed by atoms with Gasteiger partial charge in [0.2, 0.25) is 0 Å². The number of nitrogens with two attached hydrogens (primary N) is 1. The molecule has 3 saturated heterocycles. The van der Waals surface area contributed by atoms with Gasteiger partial charge >= 0.3 is 0 Å². The zero-order chi connectivity index (χ0) is 15.3. The average molecular weight is 300 g/mol. The van der Waals surface area contributed by atoms with Crippen molar-refractivity contribution in [2.45, 2.75) is 44.3 Å². The SMILES string of the molecule is Cc1cc(N)ccc1N1CC2CC1CN2C1CCN(C)CC1. The van der Waals surface area contributed by atoms with Crippen LogP contribution in [0.5, 0.6) is 0 Å². The molecule has 3 fully saturated rings. The van der Waals surface area contributed by atoms with Crippen LogP contribution in [-0.2, 0) is 0 Å². The molecule has 1 aromatic rings. The molecule has 3 aliphatic rings. The summed E-state index contributed by atoms with van der Waals surface area (Å²) < 4.78 is 0. The van der Waals surface area contributed by atoms with Gasteiger partial charge in [0, 0.05) is 42.6 Å². The van der Waals surface area contributed by atoms with Crippen molar-refractivity contribution in [2.75, 3.05) is 43.9 Å². The number of nitrogen functional groups attached to an aromatic ring is 1. The van der Waals surface area contributed by atoms with Crippen LogP contribution in [0.4, 0.5) is 11.4 Å². The summed E-state index contributed by atoms with van der Waals surface area (Å²) in [5, 5.41) is 0. The van der Waals surface area contributed by atoms with Crippen LogP contribution in [0.1, 0.15) is 24.8 Å². The van der Waals surface area contributed by atoms with E-state index in [4.69, 9.17) is 5.73 Å². The number of hydrogen-bond donors (Lipinski definition) is 1. The van der Waals surface area contributed by atoms with E-state index in [1.54, 1.807) is 0 Å². The third kappa shape index (κ3) is 2.38. The first kappa shape index (κ1) is 14.3. The lowest BCUT2D eigenvalue weighted by Gasteiger charge is -2.42. The molecule has 0 aliphatic carbocycles. The predicted molar refractivity (Wildman–Crippen MR) is 92.4 cm³/mol. The van der Waals surface area contributed by atoms with E-state index in [-0.39, 0.29) is 0 Å². The molecule has 22 heavy (non-hydrogen) atoms. The highest BCUT2D eigenvalue weighted by atomic mass is 15.4. The van der Waals surface area contributed by atoms with E-state index in [9.17, 15) is 0 Å². The maximum atomic E-state index is 5.90. The van der Waals surface area contributed by atoms with Gasteiger partial charge in [0.25, 0.3) is 0 Å². The number of nitrogens with zero attached hydrogens (tertiary/aromatic N) is 3. The fourth-order valence-corrected chi connectivity index (χ4v) is 4.77. The molecule has 4 heteroatoms. The highest BCUT2D eigenvalue weighted by molar-refractivity contribution is 5.61. The Morgan fingerprint density at radius 1 is 1.05 bits per heavy atom. The molecule has 0 spiro atoms. The third-order valence-corrected chi connectivity index (χ3v) is 5.97. The summed E-state index contributed by atoms with van der Waals surface area (Å²) in [6.45, 7) is 7.16. The summed E-state index contributed by atoms with van der Waals surface area (Å²) in [6, 6.07) is 8.65. The van der Waals surface area contributed by atoms with Crippen LogP contribution in [-0.4, -0.2) is 61.2 Å². The maximum Gasteiger partial charge on any atom is 0.0433 e. The van der Waals surface area contributed by atoms with Crippen LogP contribution in [0.25, 0.3) is 0 Å². The number of rotatable bonds is 2. The van der Waals surface area contributed by atoms with E-state index in [1.165, 1.54) is 56.7 Å². The second kappa shape index (κ2) is 5.43. The minimum Gasteiger partial charge on any atom is -0.399 e. The van der Waals surface area contributed by atoms with E-state index in [0.29, 0.717) is 6.04 Å². The molecular formula is C18H28N4. The third-order valence-electron chi connectivity index (χ3n) is 5.97. The molecule has 0 saturated carbocycles. The van der Waals surface area contributed by atoms with Crippen LogP contribution < -0.4 is 10.6 Å². The molecule has 0 aromatic heterocycles. The molecule has 120 valence electrons. The summed E-state index contributed by atoms with van der Waals surface area (Å²) in [5.74, 6) is 0. The number of fused-ring (bicyclic) bond motifs is 2. The van der Waals surface area contributed by atoms with Gasteiger partial charge in [0.1, 0.15) is 0 Å². The normalized spacial score (nSPS) is 30.4. The van der Waals surface area contributed by atoms with E-state index < -0.39 is 0 Å². The van der Waals surface area contributed by atoms with E-state index in [2.05, 4.69) is 40.8 Å². The Balaban J connectivity index is 1.45. The van der Waals surface area contributed by atoms with Crippen molar-refractivity contribution in [3.05, 3.63) is 23.8 Å². The van der Waals surface area contributed by atoms with Gasteiger partial charge in [-0.25, -0.2) is 0 Å². The van der Waals surface area contributed by atoms with Gasteiger partial charge < -0.3 is 15.5 Å². The lowest BCUT2D eigenvalue weighted by Crippen LogP contribution is -2.53. The zero-order valence-electron chi connectivity index (χ0n) is 13.8. The smallest absolute Gasteiger partial charge is 0.0433 e. The van der Waals surface area contributed by atoms with Gasteiger partial charge in [-0.3, -0.25) is 4.90 Å². The summed E-state index contributed by atoms with van der Waals surface area (Å²) in [6.07, 6.45) is 4.04. The van der Waals surface area contributed by atoms with Gasteiger partial charge in [0.15, 0.2) is 0 Å². The highest BCUT2D eigenvalue weighted by Gasteiger charge is 2.46. The largest absolute Gasteiger partial charge is 0.399 e. The van der Waals surface area contributed by atoms with Crippen LogP contribution >= 0.6 is 0 Å². The number of hydrogen-bond acceptors (Lipinski definition) is 4. The standard InChI is InChI=1S/C18H28N4/c1-13-9-14(19)3-4-18(13)22-12-16-10-17(22)11-21(16)15-5-7-20(2)8-6-15/h3-4,9,15-17H,5-8,10-12,19H2,1-2H3. The zero-order valence-corrected chi connectivity index (χ0v) is 13.8. The number of likely N-dealkylation sites (tertiary alicyclic amines) is 2. The molecule has 2 bridgehead atoms. The maximum absolute atomic E-state index is 5.90. The number of aryl methyl sites for hydroxylation is 1. The summed E-state index contributed by atoms with van der Waals surface area (Å²) in [7, 11) is 2.25. The van der Waals surface area contributed by atoms with Gasteiger partial charge in [-0.1, -0.05) is 0 Å². The molecule has 3 heterocycles. The number of piperidine rings is 1. The molecule has 0 amide bonds. The first-order valence-electron chi connectivity index (χ1n) is 8.69. The van der Waals surface area contributed by atoms with Gasteiger partial charge in [-0.05, 0) is 70.1 Å². The molecule has 2 N–H and O–H groups in total. The highest BCUT2D eigenvalue weighted by Crippen LogP contribution is 2.38. The topological polar surface area (TPSA) is 35.7 Å². The van der Waals surface area contributed by atoms with Crippen LogP contribution in [0.15, 0.2) is 18.2 Å². The Hall–Kier alpha value is -1.26. The van der Waals surface area contributed by atoms with Crippen molar-refractivity contribution < 1.29 is 0 Å². The van der Waals surface area contributed by atoms with Crippen molar-refractivity contribution in [1.82, 2.24) is 9.80 Å². The Morgan fingerprint density at radius 3 is 2.45 bits per heavy atom. The molecule has 4 nitrogen and oxygen atoms in total. The van der Waals surface area contributed by atoms with Crippen molar-refractivity contribution in [1.29, 1.82) is 0 Å². The van der Waals surface area contributed by atoms with Crippen LogP contribution in [0.3, 0.4) is 0 Å². The Kier molecular flexibility index (Phi) is 3.54.